The summed E-state index contributed by atoms with van der Waals surface area (Å²) in [5.74, 6) is 0.764. The second kappa shape index (κ2) is 12.4. The van der Waals surface area contributed by atoms with Crippen molar-refractivity contribution in [2.75, 3.05) is 32.0 Å². The molecule has 4 aromatic rings. The summed E-state index contributed by atoms with van der Waals surface area (Å²) in [7, 11) is 0. The van der Waals surface area contributed by atoms with Crippen molar-refractivity contribution < 1.29 is 5.11 Å². The van der Waals surface area contributed by atoms with Gasteiger partial charge in [0.05, 0.1) is 6.61 Å². The lowest BCUT2D eigenvalue weighted by molar-refractivity contribution is 0.197. The number of anilines is 1. The molecule has 0 fully saturated rings. The van der Waals surface area contributed by atoms with Crippen molar-refractivity contribution in [3.05, 3.63) is 78.9 Å². The molecule has 0 aliphatic rings. The second-order valence-electron chi connectivity index (χ2n) is 9.20. The lowest BCUT2D eigenvalue weighted by Crippen LogP contribution is -2.41. The summed E-state index contributed by atoms with van der Waals surface area (Å²) in [6, 6.07) is 9.68. The highest BCUT2D eigenvalue weighted by Crippen LogP contribution is 2.18. The zero-order valence-electron chi connectivity index (χ0n) is 21.6. The second-order valence-corrected chi connectivity index (χ2v) is 9.98. The maximum atomic E-state index is 13.7. The summed E-state index contributed by atoms with van der Waals surface area (Å²) >= 11 is 1.62. The van der Waals surface area contributed by atoms with E-state index in [1.807, 2.05) is 41.1 Å². The molecule has 37 heavy (non-hydrogen) atoms. The first-order valence-electron chi connectivity index (χ1n) is 12.9. The molecule has 0 saturated heterocycles. The maximum absolute atomic E-state index is 13.7. The average molecular weight is 525 g/mol. The van der Waals surface area contributed by atoms with Gasteiger partial charge in [-0.2, -0.15) is 11.3 Å². The molecule has 10 heteroatoms. The standard InChI is InChI=1S/C27H36N6O3S/c1-3-11-33-26(35)24-25(32(27(33)36)12-9-20-5-7-22(28)8-6-20)29-23(18-21-10-17-37-19-21)31(24)14-13-30(4-2)15-16-34/h5-8,10,17,19,34H,3-4,9,11-16,18,28H2,1-2H3. The quantitative estimate of drug-likeness (QED) is 0.260. The molecule has 0 bridgehead atoms. The van der Waals surface area contributed by atoms with Gasteiger partial charge in [-0.3, -0.25) is 18.8 Å². The molecule has 3 N–H and O–H groups in total. The molecule has 0 aliphatic heterocycles. The highest BCUT2D eigenvalue weighted by atomic mass is 32.1. The monoisotopic (exact) mass is 524 g/mol. The van der Waals surface area contributed by atoms with E-state index in [9.17, 15) is 14.7 Å². The van der Waals surface area contributed by atoms with Crippen molar-refractivity contribution in [1.82, 2.24) is 23.6 Å². The van der Waals surface area contributed by atoms with E-state index in [1.165, 1.54) is 4.57 Å². The van der Waals surface area contributed by atoms with Crippen LogP contribution in [0.5, 0.6) is 0 Å². The minimum atomic E-state index is -0.322. The van der Waals surface area contributed by atoms with E-state index in [0.717, 1.165) is 23.5 Å². The van der Waals surface area contributed by atoms with Crippen LogP contribution >= 0.6 is 11.3 Å². The number of imidazole rings is 1. The summed E-state index contributed by atoms with van der Waals surface area (Å²) in [4.78, 5) is 34.3. The molecule has 1 aromatic carbocycles. The molecule has 0 aliphatic carbocycles. The highest BCUT2D eigenvalue weighted by molar-refractivity contribution is 7.07. The number of benzene rings is 1. The molecule has 0 radical (unpaired) electrons. The average Bonchev–Trinajstić information content (AvgIpc) is 3.53. The third kappa shape index (κ3) is 6.03. The molecular weight excluding hydrogens is 488 g/mol. The predicted octanol–water partition coefficient (Wildman–Crippen LogP) is 2.56. The van der Waals surface area contributed by atoms with Crippen LogP contribution in [0, 0.1) is 0 Å². The number of rotatable bonds is 13. The van der Waals surface area contributed by atoms with Crippen LogP contribution in [0.15, 0.2) is 50.7 Å². The van der Waals surface area contributed by atoms with Gasteiger partial charge in [-0.15, -0.1) is 0 Å². The minimum Gasteiger partial charge on any atom is -0.399 e. The van der Waals surface area contributed by atoms with Crippen molar-refractivity contribution in [3.63, 3.8) is 0 Å². The van der Waals surface area contributed by atoms with Gasteiger partial charge in [0.2, 0.25) is 0 Å². The Kier molecular flexibility index (Phi) is 8.96. The first kappa shape index (κ1) is 26.8. The SMILES string of the molecule is CCCn1c(=O)c2c(nc(Cc3ccsc3)n2CCN(CC)CCO)n(CCc2ccc(N)cc2)c1=O. The summed E-state index contributed by atoms with van der Waals surface area (Å²) in [5.41, 5.74) is 9.00. The van der Waals surface area contributed by atoms with Crippen molar-refractivity contribution in [1.29, 1.82) is 0 Å². The fraction of sp³-hybridized carbons (Fsp3) is 0.444. The van der Waals surface area contributed by atoms with E-state index in [0.29, 0.717) is 68.8 Å². The van der Waals surface area contributed by atoms with Crippen molar-refractivity contribution in [2.24, 2.45) is 0 Å². The first-order chi connectivity index (χ1) is 18.0. The Morgan fingerprint density at radius 1 is 0.973 bits per heavy atom. The summed E-state index contributed by atoms with van der Waals surface area (Å²) in [5, 5.41) is 13.5. The lowest BCUT2D eigenvalue weighted by atomic mass is 10.1. The van der Waals surface area contributed by atoms with E-state index in [-0.39, 0.29) is 17.9 Å². The van der Waals surface area contributed by atoms with Crippen LogP contribution in [0.3, 0.4) is 0 Å². The zero-order chi connectivity index (χ0) is 26.4. The molecule has 0 spiro atoms. The van der Waals surface area contributed by atoms with Crippen LogP contribution in [0.25, 0.3) is 11.2 Å². The number of likely N-dealkylation sites (N-methyl/N-ethyl adjacent to an activating group) is 1. The van der Waals surface area contributed by atoms with Crippen LogP contribution < -0.4 is 17.0 Å². The molecule has 3 heterocycles. The van der Waals surface area contributed by atoms with E-state index in [1.54, 1.807) is 15.9 Å². The van der Waals surface area contributed by atoms with Gasteiger partial charge in [0.25, 0.3) is 5.56 Å². The van der Waals surface area contributed by atoms with E-state index in [2.05, 4.69) is 23.3 Å². The molecule has 3 aromatic heterocycles. The lowest BCUT2D eigenvalue weighted by Gasteiger charge is -2.20. The molecule has 0 saturated carbocycles. The summed E-state index contributed by atoms with van der Waals surface area (Å²) in [6.07, 6.45) is 1.87. The van der Waals surface area contributed by atoms with E-state index >= 15 is 0 Å². The minimum absolute atomic E-state index is 0.0776. The number of aryl methyl sites for hydroxylation is 2. The van der Waals surface area contributed by atoms with Gasteiger partial charge < -0.3 is 15.4 Å². The number of nitrogens with two attached hydrogens (primary N) is 1. The number of hydrogen-bond acceptors (Lipinski definition) is 7. The van der Waals surface area contributed by atoms with Gasteiger partial charge in [0, 0.05) is 44.8 Å². The molecule has 9 nitrogen and oxygen atoms in total. The Morgan fingerprint density at radius 3 is 2.41 bits per heavy atom. The third-order valence-electron chi connectivity index (χ3n) is 6.69. The Hall–Kier alpha value is -3.21. The van der Waals surface area contributed by atoms with Crippen LogP contribution in [-0.4, -0.2) is 54.9 Å². The third-order valence-corrected chi connectivity index (χ3v) is 7.42. The Labute approximate surface area is 220 Å². The molecule has 0 unspecified atom stereocenters. The van der Waals surface area contributed by atoms with Crippen LogP contribution in [0.4, 0.5) is 5.69 Å². The first-order valence-corrected chi connectivity index (χ1v) is 13.8. The smallest absolute Gasteiger partial charge is 0.332 e. The molecular formula is C27H36N6O3S. The Morgan fingerprint density at radius 2 is 1.76 bits per heavy atom. The number of fused-ring (bicyclic) bond motifs is 1. The van der Waals surface area contributed by atoms with Gasteiger partial charge in [0.1, 0.15) is 5.82 Å². The number of nitrogen functional groups attached to an aromatic ring is 1. The fourth-order valence-electron chi connectivity index (χ4n) is 4.65. The zero-order valence-corrected chi connectivity index (χ0v) is 22.4. The van der Waals surface area contributed by atoms with Crippen LogP contribution in [0.1, 0.15) is 37.2 Å². The van der Waals surface area contributed by atoms with Crippen molar-refractivity contribution in [2.45, 2.75) is 52.7 Å². The molecule has 0 amide bonds. The maximum Gasteiger partial charge on any atom is 0.332 e. The van der Waals surface area contributed by atoms with Crippen molar-refractivity contribution >= 4 is 28.2 Å². The molecule has 0 atom stereocenters. The van der Waals surface area contributed by atoms with Crippen molar-refractivity contribution in [3.8, 4) is 0 Å². The van der Waals surface area contributed by atoms with Gasteiger partial charge in [0.15, 0.2) is 11.2 Å². The molecule has 198 valence electrons. The van der Waals surface area contributed by atoms with Gasteiger partial charge >= 0.3 is 5.69 Å². The number of thiophene rings is 1. The van der Waals surface area contributed by atoms with Crippen LogP contribution in [-0.2, 0) is 32.5 Å². The number of aliphatic hydroxyl groups is 1. The summed E-state index contributed by atoms with van der Waals surface area (Å²) < 4.78 is 4.99. The summed E-state index contributed by atoms with van der Waals surface area (Å²) in [6.45, 7) is 7.41. The number of hydrogen-bond donors (Lipinski definition) is 2. The fourth-order valence-corrected chi connectivity index (χ4v) is 5.31. The molecule has 4 rings (SSSR count). The topological polar surface area (TPSA) is 111 Å². The largest absolute Gasteiger partial charge is 0.399 e. The van der Waals surface area contributed by atoms with E-state index < -0.39 is 0 Å². The number of aromatic nitrogens is 4. The van der Waals surface area contributed by atoms with Gasteiger partial charge in [-0.05, 0) is 59.5 Å². The Balaban J connectivity index is 1.84. The number of aliphatic hydroxyl groups excluding tert-OH is 1. The van der Waals surface area contributed by atoms with Gasteiger partial charge in [-0.25, -0.2) is 9.78 Å². The number of nitrogens with zero attached hydrogens (tertiary/aromatic N) is 5. The highest BCUT2D eigenvalue weighted by Gasteiger charge is 2.22. The predicted molar refractivity (Wildman–Crippen MR) is 149 cm³/mol. The Bertz CT molecular complexity index is 1420. The van der Waals surface area contributed by atoms with Gasteiger partial charge in [-0.1, -0.05) is 26.0 Å². The normalized spacial score (nSPS) is 11.7. The van der Waals surface area contributed by atoms with E-state index in [4.69, 9.17) is 10.7 Å². The van der Waals surface area contributed by atoms with Crippen LogP contribution in [0.2, 0.25) is 0 Å².